The SMILES string of the molecule is c1ccc(-c2cc(-c3ccccc3)cc(-c3ccc4c(-c5ccc(-c6cocn6)nc5)c5ccccc5c(-c5ccc(-c6cocn6)nc5)c4c3)c2)cc1. The van der Waals surface area contributed by atoms with Gasteiger partial charge in [-0.2, -0.15) is 0 Å². The number of oxazole rings is 2. The van der Waals surface area contributed by atoms with E-state index in [4.69, 9.17) is 18.8 Å². The second kappa shape index (κ2) is 13.3. The second-order valence-corrected chi connectivity index (χ2v) is 13.2. The summed E-state index contributed by atoms with van der Waals surface area (Å²) in [4.78, 5) is 18.3. The molecule has 0 aliphatic carbocycles. The normalized spacial score (nSPS) is 11.3. The summed E-state index contributed by atoms with van der Waals surface area (Å²) in [6.07, 6.45) is 9.95. The summed E-state index contributed by atoms with van der Waals surface area (Å²) >= 11 is 0. The van der Waals surface area contributed by atoms with Gasteiger partial charge in [-0.3, -0.25) is 9.97 Å². The largest absolute Gasteiger partial charge is 0.451 e. The summed E-state index contributed by atoms with van der Waals surface area (Å²) in [5, 5.41) is 4.48. The Labute approximate surface area is 311 Å². The summed E-state index contributed by atoms with van der Waals surface area (Å²) < 4.78 is 10.5. The zero-order chi connectivity index (χ0) is 35.8. The lowest BCUT2D eigenvalue weighted by Gasteiger charge is -2.19. The first-order valence-electron chi connectivity index (χ1n) is 17.7. The van der Waals surface area contributed by atoms with Gasteiger partial charge in [0.2, 0.25) is 0 Å². The van der Waals surface area contributed by atoms with Crippen LogP contribution in [0.5, 0.6) is 0 Å². The smallest absolute Gasteiger partial charge is 0.181 e. The molecule has 6 nitrogen and oxygen atoms in total. The minimum Gasteiger partial charge on any atom is -0.451 e. The third kappa shape index (κ3) is 5.63. The standard InChI is InChI=1S/C48H30N4O2/c1-3-9-31(10-4-1)36-21-37(32-11-5-2-6-12-32)23-38(22-36)33-15-18-41-42(24-33)48(35-17-20-44(50-26-35)46-28-54-30-52-46)40-14-8-7-13-39(40)47(41)34-16-19-43(49-25-34)45-27-53-29-51-45/h1-30H. The molecule has 0 fully saturated rings. The Bertz CT molecular complexity index is 2830. The minimum atomic E-state index is 0.697. The fourth-order valence-electron chi connectivity index (χ4n) is 7.43. The van der Waals surface area contributed by atoms with Gasteiger partial charge in [0.15, 0.2) is 12.8 Å². The van der Waals surface area contributed by atoms with Gasteiger partial charge in [0.05, 0.1) is 11.4 Å². The third-order valence-corrected chi connectivity index (χ3v) is 10.00. The van der Waals surface area contributed by atoms with E-state index >= 15 is 0 Å². The van der Waals surface area contributed by atoms with Gasteiger partial charge in [0.1, 0.15) is 23.9 Å². The Hall–Kier alpha value is -7.44. The Balaban J connectivity index is 1.23. The van der Waals surface area contributed by atoms with Gasteiger partial charge < -0.3 is 8.83 Å². The number of fused-ring (bicyclic) bond motifs is 2. The number of hydrogen-bond acceptors (Lipinski definition) is 6. The highest BCUT2D eigenvalue weighted by Crippen LogP contribution is 2.45. The van der Waals surface area contributed by atoms with Crippen LogP contribution in [0.3, 0.4) is 0 Å². The highest BCUT2D eigenvalue weighted by atomic mass is 16.3. The minimum absolute atomic E-state index is 0.697. The van der Waals surface area contributed by atoms with Gasteiger partial charge in [-0.1, -0.05) is 109 Å². The first-order valence-corrected chi connectivity index (χ1v) is 17.7. The molecule has 4 aromatic heterocycles. The molecule has 10 aromatic rings. The Kier molecular flexibility index (Phi) is 7.69. The van der Waals surface area contributed by atoms with Crippen molar-refractivity contribution in [1.29, 1.82) is 0 Å². The molecule has 0 unspecified atom stereocenters. The van der Waals surface area contributed by atoms with Gasteiger partial charge in [0, 0.05) is 23.5 Å². The first-order chi connectivity index (χ1) is 26.8. The van der Waals surface area contributed by atoms with Gasteiger partial charge in [-0.15, -0.1) is 0 Å². The number of aromatic nitrogens is 4. The topological polar surface area (TPSA) is 77.8 Å². The molecule has 0 aliphatic rings. The quantitative estimate of drug-likeness (QED) is 0.155. The average molecular weight is 695 g/mol. The molecule has 4 heterocycles. The molecule has 0 amide bonds. The van der Waals surface area contributed by atoms with Crippen molar-refractivity contribution in [3.63, 3.8) is 0 Å². The maximum Gasteiger partial charge on any atom is 0.181 e. The van der Waals surface area contributed by atoms with E-state index in [1.165, 1.54) is 23.9 Å². The van der Waals surface area contributed by atoms with E-state index in [0.717, 1.165) is 77.4 Å². The van der Waals surface area contributed by atoms with Crippen LogP contribution in [0.25, 0.3) is 100.0 Å². The number of nitrogens with zero attached hydrogens (tertiary/aromatic N) is 4. The van der Waals surface area contributed by atoms with Crippen LogP contribution in [0.15, 0.2) is 192 Å². The van der Waals surface area contributed by atoms with Crippen molar-refractivity contribution in [2.24, 2.45) is 0 Å². The molecule has 0 saturated heterocycles. The van der Waals surface area contributed by atoms with Crippen LogP contribution in [0.1, 0.15) is 0 Å². The van der Waals surface area contributed by atoms with Crippen molar-refractivity contribution in [3.05, 3.63) is 183 Å². The number of rotatable bonds is 7. The van der Waals surface area contributed by atoms with Crippen LogP contribution in [-0.2, 0) is 0 Å². The monoisotopic (exact) mass is 694 g/mol. The van der Waals surface area contributed by atoms with E-state index < -0.39 is 0 Å². The molecule has 6 heteroatoms. The van der Waals surface area contributed by atoms with Crippen molar-refractivity contribution in [2.45, 2.75) is 0 Å². The summed E-state index contributed by atoms with van der Waals surface area (Å²) in [6.45, 7) is 0. The molecule has 6 aromatic carbocycles. The van der Waals surface area contributed by atoms with Gasteiger partial charge in [0.25, 0.3) is 0 Å². The van der Waals surface area contributed by atoms with Crippen molar-refractivity contribution >= 4 is 21.5 Å². The van der Waals surface area contributed by atoms with Gasteiger partial charge in [-0.05, 0) is 102 Å². The summed E-state index contributed by atoms with van der Waals surface area (Å²) in [7, 11) is 0. The number of hydrogen-bond donors (Lipinski definition) is 0. The molecule has 0 aliphatic heterocycles. The molecule has 0 N–H and O–H groups in total. The molecule has 0 radical (unpaired) electrons. The van der Waals surface area contributed by atoms with Crippen molar-refractivity contribution < 1.29 is 8.83 Å². The van der Waals surface area contributed by atoms with E-state index in [9.17, 15) is 0 Å². The molecule has 0 bridgehead atoms. The fourth-order valence-corrected chi connectivity index (χ4v) is 7.43. The van der Waals surface area contributed by atoms with E-state index in [2.05, 4.69) is 143 Å². The molecular weight excluding hydrogens is 665 g/mol. The summed E-state index contributed by atoms with van der Waals surface area (Å²) in [6, 6.07) is 51.7. The lowest BCUT2D eigenvalue weighted by atomic mass is 9.85. The molecule has 0 atom stereocenters. The molecule has 0 spiro atoms. The van der Waals surface area contributed by atoms with Gasteiger partial charge in [-0.25, -0.2) is 9.97 Å². The highest BCUT2D eigenvalue weighted by Gasteiger charge is 2.19. The maximum atomic E-state index is 5.25. The second-order valence-electron chi connectivity index (χ2n) is 13.2. The van der Waals surface area contributed by atoms with E-state index in [1.54, 1.807) is 12.5 Å². The van der Waals surface area contributed by atoms with E-state index in [0.29, 0.717) is 11.4 Å². The zero-order valence-corrected chi connectivity index (χ0v) is 28.9. The predicted molar refractivity (Wildman–Crippen MR) is 215 cm³/mol. The van der Waals surface area contributed by atoms with Crippen LogP contribution >= 0.6 is 0 Å². The van der Waals surface area contributed by atoms with Crippen LogP contribution in [0.4, 0.5) is 0 Å². The van der Waals surface area contributed by atoms with Crippen molar-refractivity contribution in [1.82, 2.24) is 19.9 Å². The number of benzene rings is 6. The fraction of sp³-hybridized carbons (Fsp3) is 0. The highest BCUT2D eigenvalue weighted by molar-refractivity contribution is 6.22. The average Bonchev–Trinajstić information content (AvgIpc) is 4.00. The molecule has 0 saturated carbocycles. The molecular formula is C48H30N4O2. The Morgan fingerprint density at radius 2 is 0.741 bits per heavy atom. The molecule has 54 heavy (non-hydrogen) atoms. The summed E-state index contributed by atoms with van der Waals surface area (Å²) in [5.41, 5.74) is 14.1. The van der Waals surface area contributed by atoms with E-state index in [1.807, 2.05) is 24.5 Å². The van der Waals surface area contributed by atoms with Gasteiger partial charge >= 0.3 is 0 Å². The Morgan fingerprint density at radius 3 is 1.20 bits per heavy atom. The Morgan fingerprint density at radius 1 is 0.296 bits per heavy atom. The van der Waals surface area contributed by atoms with Crippen LogP contribution in [-0.4, -0.2) is 19.9 Å². The summed E-state index contributed by atoms with van der Waals surface area (Å²) in [5.74, 6) is 0. The number of pyridine rings is 2. The van der Waals surface area contributed by atoms with Crippen LogP contribution in [0, 0.1) is 0 Å². The van der Waals surface area contributed by atoms with Crippen molar-refractivity contribution in [3.8, 4) is 78.4 Å². The predicted octanol–water partition coefficient (Wildman–Crippen LogP) is 12.4. The van der Waals surface area contributed by atoms with Crippen molar-refractivity contribution in [2.75, 3.05) is 0 Å². The molecule has 10 rings (SSSR count). The lowest BCUT2D eigenvalue weighted by molar-refractivity contribution is 0.558. The van der Waals surface area contributed by atoms with Crippen LogP contribution in [0.2, 0.25) is 0 Å². The first kappa shape index (κ1) is 31.3. The molecule has 254 valence electrons. The zero-order valence-electron chi connectivity index (χ0n) is 28.9. The maximum absolute atomic E-state index is 5.25. The third-order valence-electron chi connectivity index (χ3n) is 10.00. The lowest BCUT2D eigenvalue weighted by Crippen LogP contribution is -1.94. The van der Waals surface area contributed by atoms with Crippen LogP contribution < -0.4 is 0 Å². The van der Waals surface area contributed by atoms with E-state index in [-0.39, 0.29) is 0 Å².